The van der Waals surface area contributed by atoms with Crippen LogP contribution in [0.25, 0.3) is 55.6 Å². The lowest BCUT2D eigenvalue weighted by atomic mass is 10.1. The number of hydrogen-bond donors (Lipinski definition) is 2. The molecular weight excluding hydrogens is 400 g/mol. The van der Waals surface area contributed by atoms with Crippen molar-refractivity contribution in [2.45, 2.75) is 0 Å². The first kappa shape index (κ1) is 18.2. The topological polar surface area (TPSA) is 86.6 Å². The number of rotatable bonds is 4. The van der Waals surface area contributed by atoms with Gasteiger partial charge in [0.25, 0.3) is 0 Å². The second kappa shape index (κ2) is 7.00. The summed E-state index contributed by atoms with van der Waals surface area (Å²) in [5.41, 5.74) is 8.33. The van der Waals surface area contributed by atoms with Crippen molar-refractivity contribution in [3.05, 3.63) is 73.6 Å². The summed E-state index contributed by atoms with van der Waals surface area (Å²) < 4.78 is 5.26. The average molecular weight is 418 g/mol. The molecule has 0 spiro atoms. The number of pyridine rings is 2. The van der Waals surface area contributed by atoms with E-state index in [9.17, 15) is 0 Å². The van der Waals surface area contributed by atoms with Crippen LogP contribution in [0.2, 0.25) is 0 Å². The maximum absolute atomic E-state index is 5.26. The zero-order chi connectivity index (χ0) is 21.7. The molecule has 2 N–H and O–H groups in total. The van der Waals surface area contributed by atoms with Crippen LogP contribution in [0.5, 0.6) is 0 Å². The molecule has 0 aliphatic rings. The minimum Gasteiger partial charge on any atom is -0.472 e. The molecular formula is C25H18N6O. The molecule has 5 heterocycles. The highest BCUT2D eigenvalue weighted by molar-refractivity contribution is 6.00. The van der Waals surface area contributed by atoms with Gasteiger partial charge in [0, 0.05) is 54.0 Å². The summed E-state index contributed by atoms with van der Waals surface area (Å²) in [6.45, 7) is 0. The van der Waals surface area contributed by atoms with Crippen molar-refractivity contribution < 1.29 is 4.42 Å². The summed E-state index contributed by atoms with van der Waals surface area (Å²) in [5, 5.41) is 9.59. The van der Waals surface area contributed by atoms with E-state index in [2.05, 4.69) is 55.5 Å². The van der Waals surface area contributed by atoms with E-state index < -0.39 is 0 Å². The van der Waals surface area contributed by atoms with Crippen molar-refractivity contribution in [3.63, 3.8) is 0 Å². The minimum absolute atomic E-state index is 0.731. The molecule has 0 fully saturated rings. The summed E-state index contributed by atoms with van der Waals surface area (Å²) in [7, 11) is 3.98. The molecule has 7 heteroatoms. The molecule has 0 radical (unpaired) electrons. The van der Waals surface area contributed by atoms with E-state index in [1.54, 1.807) is 12.5 Å². The van der Waals surface area contributed by atoms with E-state index in [1.807, 2.05) is 49.7 Å². The first-order valence-electron chi connectivity index (χ1n) is 10.1. The predicted molar refractivity (Wildman–Crippen MR) is 124 cm³/mol. The molecule has 0 unspecified atom stereocenters. The van der Waals surface area contributed by atoms with E-state index in [1.165, 1.54) is 0 Å². The van der Waals surface area contributed by atoms with Crippen molar-refractivity contribution in [2.75, 3.05) is 19.0 Å². The van der Waals surface area contributed by atoms with E-state index in [-0.39, 0.29) is 0 Å². The first-order chi connectivity index (χ1) is 15.7. The van der Waals surface area contributed by atoms with Crippen molar-refractivity contribution >= 4 is 27.6 Å². The molecule has 5 aromatic heterocycles. The van der Waals surface area contributed by atoms with Crippen LogP contribution in [0.1, 0.15) is 0 Å². The molecule has 1 aromatic carbocycles. The Kier molecular flexibility index (Phi) is 3.98. The fourth-order valence-corrected chi connectivity index (χ4v) is 3.91. The molecule has 0 bridgehead atoms. The van der Waals surface area contributed by atoms with Crippen molar-refractivity contribution in [2.24, 2.45) is 0 Å². The number of nitrogens with one attached hydrogen (secondary N) is 2. The molecule has 0 aliphatic heterocycles. The SMILES string of the molecule is CN(C)c1c#ccc(-c2cnc3[nH]nc(-c4cc5c(-c6ccoc6)cncc5[nH]4)c3c2)c1. The van der Waals surface area contributed by atoms with Crippen LogP contribution in [0, 0.1) is 12.1 Å². The Bertz CT molecular complexity index is 1560. The van der Waals surface area contributed by atoms with E-state index >= 15 is 0 Å². The number of H-pyrrole nitrogens is 2. The van der Waals surface area contributed by atoms with Gasteiger partial charge in [-0.2, -0.15) is 5.10 Å². The highest BCUT2D eigenvalue weighted by atomic mass is 16.3. The number of anilines is 1. The highest BCUT2D eigenvalue weighted by Gasteiger charge is 2.15. The van der Waals surface area contributed by atoms with Gasteiger partial charge in [0.2, 0.25) is 0 Å². The Morgan fingerprint density at radius 1 is 1.00 bits per heavy atom. The normalized spacial score (nSPS) is 11.2. The second-order valence-electron chi connectivity index (χ2n) is 7.83. The Hall–Kier alpha value is -4.57. The van der Waals surface area contributed by atoms with E-state index in [0.29, 0.717) is 0 Å². The fraction of sp³-hybridized carbons (Fsp3) is 0.0800. The maximum atomic E-state index is 5.26. The monoisotopic (exact) mass is 418 g/mol. The predicted octanol–water partition coefficient (Wildman–Crippen LogP) is 5.09. The smallest absolute Gasteiger partial charge is 0.155 e. The molecule has 0 aliphatic carbocycles. The van der Waals surface area contributed by atoms with Gasteiger partial charge in [-0.1, -0.05) is 6.07 Å². The van der Waals surface area contributed by atoms with Gasteiger partial charge in [0.15, 0.2) is 5.65 Å². The van der Waals surface area contributed by atoms with Crippen molar-refractivity contribution in [3.8, 4) is 33.6 Å². The lowest BCUT2D eigenvalue weighted by Crippen LogP contribution is -2.07. The largest absolute Gasteiger partial charge is 0.472 e. The van der Waals surface area contributed by atoms with Crippen LogP contribution in [-0.2, 0) is 0 Å². The van der Waals surface area contributed by atoms with Gasteiger partial charge in [-0.15, -0.1) is 0 Å². The van der Waals surface area contributed by atoms with Gasteiger partial charge in [0.1, 0.15) is 5.69 Å². The lowest BCUT2D eigenvalue weighted by Gasteiger charge is -2.10. The Labute approximate surface area is 183 Å². The molecule has 6 rings (SSSR count). The number of aromatic nitrogens is 5. The van der Waals surface area contributed by atoms with Crippen LogP contribution in [0.15, 0.2) is 65.9 Å². The van der Waals surface area contributed by atoms with Gasteiger partial charge >= 0.3 is 0 Å². The number of furan rings is 1. The quantitative estimate of drug-likeness (QED) is 0.416. The van der Waals surface area contributed by atoms with E-state index in [4.69, 9.17) is 4.42 Å². The summed E-state index contributed by atoms with van der Waals surface area (Å²) >= 11 is 0. The molecule has 7 nitrogen and oxygen atoms in total. The molecule has 0 atom stereocenters. The molecule has 154 valence electrons. The zero-order valence-electron chi connectivity index (χ0n) is 17.5. The zero-order valence-corrected chi connectivity index (χ0v) is 17.5. The Morgan fingerprint density at radius 2 is 1.94 bits per heavy atom. The van der Waals surface area contributed by atoms with Crippen LogP contribution in [0.4, 0.5) is 5.69 Å². The maximum Gasteiger partial charge on any atom is 0.155 e. The second-order valence-corrected chi connectivity index (χ2v) is 7.83. The molecule has 0 saturated heterocycles. The summed E-state index contributed by atoms with van der Waals surface area (Å²) in [6.07, 6.45) is 8.90. The highest BCUT2D eigenvalue weighted by Crippen LogP contribution is 2.34. The third-order valence-electron chi connectivity index (χ3n) is 5.58. The number of fused-ring (bicyclic) bond motifs is 2. The van der Waals surface area contributed by atoms with Crippen LogP contribution in [0.3, 0.4) is 0 Å². The third kappa shape index (κ3) is 2.89. The van der Waals surface area contributed by atoms with Crippen LogP contribution in [-0.4, -0.2) is 39.2 Å². The molecule has 0 saturated carbocycles. The standard InChI is InChI=1S/C25H18N6O/c1-31(2)18-5-3-4-15(8-18)17-9-20-24(29-30-25(20)27-11-17)22-10-19-21(16-6-7-32-14-16)12-26-13-23(19)28-22/h4,6-14,28H,1-2H3,(H,27,29,30). The summed E-state index contributed by atoms with van der Waals surface area (Å²) in [5.74, 6) is 0. The van der Waals surface area contributed by atoms with Crippen LogP contribution >= 0.6 is 0 Å². The van der Waals surface area contributed by atoms with E-state index in [0.717, 1.165) is 61.3 Å². The van der Waals surface area contributed by atoms with Gasteiger partial charge in [-0.25, -0.2) is 4.98 Å². The number of hydrogen-bond acceptors (Lipinski definition) is 5. The van der Waals surface area contributed by atoms with Gasteiger partial charge in [-0.05, 0) is 42.0 Å². The third-order valence-corrected chi connectivity index (χ3v) is 5.58. The van der Waals surface area contributed by atoms with Crippen molar-refractivity contribution in [1.82, 2.24) is 25.1 Å². The number of aromatic amines is 2. The summed E-state index contributed by atoms with van der Waals surface area (Å²) in [6, 6.07) is 16.3. The summed E-state index contributed by atoms with van der Waals surface area (Å²) in [4.78, 5) is 14.4. The lowest BCUT2D eigenvalue weighted by molar-refractivity contribution is 0.568. The van der Waals surface area contributed by atoms with Gasteiger partial charge in [0.05, 0.1) is 35.6 Å². The molecule has 32 heavy (non-hydrogen) atoms. The minimum atomic E-state index is 0.731. The van der Waals surface area contributed by atoms with Crippen LogP contribution < -0.4 is 4.90 Å². The fourth-order valence-electron chi connectivity index (χ4n) is 3.91. The van der Waals surface area contributed by atoms with Gasteiger partial charge < -0.3 is 14.3 Å². The van der Waals surface area contributed by atoms with Crippen molar-refractivity contribution in [1.29, 1.82) is 0 Å². The molecule has 0 amide bonds. The average Bonchev–Trinajstić information content (AvgIpc) is 3.57. The Balaban J connectivity index is 1.49. The van der Waals surface area contributed by atoms with Gasteiger partial charge in [-0.3, -0.25) is 10.1 Å². The first-order valence-corrected chi connectivity index (χ1v) is 10.1. The molecule has 6 aromatic rings. The number of nitrogens with zero attached hydrogens (tertiary/aromatic N) is 4. The Morgan fingerprint density at radius 3 is 2.78 bits per heavy atom.